The second-order valence-corrected chi connectivity index (χ2v) is 6.84. The van der Waals surface area contributed by atoms with Crippen molar-refractivity contribution in [3.63, 3.8) is 0 Å². The predicted molar refractivity (Wildman–Crippen MR) is 118 cm³/mol. The lowest BCUT2D eigenvalue weighted by Gasteiger charge is -2.12. The Morgan fingerprint density at radius 3 is 2.22 bits per heavy atom. The Hall–Kier alpha value is -3.87. The Labute approximate surface area is 185 Å². The molecule has 0 saturated heterocycles. The third-order valence-corrected chi connectivity index (χ3v) is 4.69. The first kappa shape index (κ1) is 22.8. The average Bonchev–Trinajstić information content (AvgIpc) is 2.83. The lowest BCUT2D eigenvalue weighted by molar-refractivity contribution is -0.143. The van der Waals surface area contributed by atoms with Crippen molar-refractivity contribution in [1.82, 2.24) is 0 Å². The van der Waals surface area contributed by atoms with Crippen LogP contribution >= 0.6 is 0 Å². The standard InChI is InChI=1S/C25H24O7/c1-3-23(26)31-16-6-15-30-22-14-13-21(19-7-4-5-8-20(19)22)25(28)32-18-11-9-17(10-12-18)24(27)29-2/h4-5,7-14H,3,6,15-16H2,1-2H3. The van der Waals surface area contributed by atoms with Crippen molar-refractivity contribution in [2.45, 2.75) is 19.8 Å². The van der Waals surface area contributed by atoms with Crippen LogP contribution in [0, 0.1) is 0 Å². The summed E-state index contributed by atoms with van der Waals surface area (Å²) < 4.78 is 21.0. The summed E-state index contributed by atoms with van der Waals surface area (Å²) in [6.07, 6.45) is 0.907. The zero-order valence-electron chi connectivity index (χ0n) is 18.0. The monoisotopic (exact) mass is 436 g/mol. The second kappa shape index (κ2) is 10.9. The van der Waals surface area contributed by atoms with E-state index in [1.807, 2.05) is 24.3 Å². The van der Waals surface area contributed by atoms with Crippen LogP contribution in [0.2, 0.25) is 0 Å². The van der Waals surface area contributed by atoms with Crippen LogP contribution in [0.15, 0.2) is 60.7 Å². The van der Waals surface area contributed by atoms with Gasteiger partial charge in [-0.1, -0.05) is 31.2 Å². The molecule has 0 bridgehead atoms. The molecule has 0 aliphatic heterocycles. The normalized spacial score (nSPS) is 10.4. The van der Waals surface area contributed by atoms with E-state index in [0.29, 0.717) is 54.1 Å². The fourth-order valence-corrected chi connectivity index (χ4v) is 3.04. The number of hydrogen-bond acceptors (Lipinski definition) is 7. The van der Waals surface area contributed by atoms with E-state index in [2.05, 4.69) is 4.74 Å². The highest BCUT2D eigenvalue weighted by Crippen LogP contribution is 2.29. The van der Waals surface area contributed by atoms with Crippen LogP contribution in [-0.4, -0.2) is 38.2 Å². The second-order valence-electron chi connectivity index (χ2n) is 6.84. The van der Waals surface area contributed by atoms with Gasteiger partial charge in [-0.05, 0) is 41.8 Å². The van der Waals surface area contributed by atoms with E-state index in [-0.39, 0.29) is 5.97 Å². The maximum Gasteiger partial charge on any atom is 0.344 e. The number of carbonyl (C=O) groups is 3. The SMILES string of the molecule is CCC(=O)OCCCOc1ccc(C(=O)Oc2ccc(C(=O)OC)cc2)c2ccccc12. The van der Waals surface area contributed by atoms with Crippen molar-refractivity contribution in [3.8, 4) is 11.5 Å². The van der Waals surface area contributed by atoms with E-state index in [1.165, 1.54) is 31.4 Å². The Kier molecular flexibility index (Phi) is 7.80. The molecule has 3 rings (SSSR count). The fraction of sp³-hybridized carbons (Fsp3) is 0.240. The molecule has 7 heteroatoms. The maximum atomic E-state index is 12.8. The van der Waals surface area contributed by atoms with Gasteiger partial charge < -0.3 is 18.9 Å². The van der Waals surface area contributed by atoms with Gasteiger partial charge in [0, 0.05) is 18.2 Å². The smallest absolute Gasteiger partial charge is 0.344 e. The number of ether oxygens (including phenoxy) is 4. The summed E-state index contributed by atoms with van der Waals surface area (Å²) in [5.41, 5.74) is 0.755. The summed E-state index contributed by atoms with van der Waals surface area (Å²) in [6.45, 7) is 2.41. The molecular formula is C25H24O7. The highest BCUT2D eigenvalue weighted by Gasteiger charge is 2.16. The Balaban J connectivity index is 1.71. The van der Waals surface area contributed by atoms with Crippen LogP contribution < -0.4 is 9.47 Å². The molecule has 0 aliphatic rings. The number of methoxy groups -OCH3 is 1. The van der Waals surface area contributed by atoms with Crippen LogP contribution in [0.5, 0.6) is 11.5 Å². The van der Waals surface area contributed by atoms with Crippen molar-refractivity contribution in [2.75, 3.05) is 20.3 Å². The van der Waals surface area contributed by atoms with Crippen LogP contribution in [0.25, 0.3) is 10.8 Å². The molecule has 32 heavy (non-hydrogen) atoms. The number of esters is 3. The summed E-state index contributed by atoms with van der Waals surface area (Å²) in [6, 6.07) is 16.9. The molecule has 0 N–H and O–H groups in total. The third-order valence-electron chi connectivity index (χ3n) is 4.69. The van der Waals surface area contributed by atoms with Gasteiger partial charge in [-0.15, -0.1) is 0 Å². The Morgan fingerprint density at radius 1 is 0.812 bits per heavy atom. The van der Waals surface area contributed by atoms with Crippen LogP contribution in [0.4, 0.5) is 0 Å². The van der Waals surface area contributed by atoms with E-state index in [9.17, 15) is 14.4 Å². The summed E-state index contributed by atoms with van der Waals surface area (Å²) in [5.74, 6) is -0.286. The average molecular weight is 436 g/mol. The summed E-state index contributed by atoms with van der Waals surface area (Å²) in [7, 11) is 1.30. The molecule has 7 nitrogen and oxygen atoms in total. The molecule has 0 heterocycles. The summed E-state index contributed by atoms with van der Waals surface area (Å²) in [4.78, 5) is 35.5. The molecule has 0 spiro atoms. The molecule has 0 fully saturated rings. The van der Waals surface area contributed by atoms with Crippen molar-refractivity contribution in [3.05, 3.63) is 71.8 Å². The molecule has 0 amide bonds. The van der Waals surface area contributed by atoms with Crippen molar-refractivity contribution in [1.29, 1.82) is 0 Å². The van der Waals surface area contributed by atoms with E-state index in [0.717, 1.165) is 5.39 Å². The number of benzene rings is 3. The molecule has 166 valence electrons. The highest BCUT2D eigenvalue weighted by atomic mass is 16.5. The quantitative estimate of drug-likeness (QED) is 0.276. The zero-order valence-corrected chi connectivity index (χ0v) is 18.0. The molecular weight excluding hydrogens is 412 g/mol. The van der Waals surface area contributed by atoms with E-state index < -0.39 is 11.9 Å². The third kappa shape index (κ3) is 5.63. The molecule has 0 saturated carbocycles. The van der Waals surface area contributed by atoms with Crippen LogP contribution in [0.3, 0.4) is 0 Å². The van der Waals surface area contributed by atoms with Crippen molar-refractivity contribution in [2.24, 2.45) is 0 Å². The minimum absolute atomic E-state index is 0.238. The number of rotatable bonds is 9. The molecule has 0 radical (unpaired) electrons. The minimum Gasteiger partial charge on any atom is -0.493 e. The fourth-order valence-electron chi connectivity index (χ4n) is 3.04. The van der Waals surface area contributed by atoms with Gasteiger partial charge in [-0.2, -0.15) is 0 Å². The van der Waals surface area contributed by atoms with E-state index >= 15 is 0 Å². The Morgan fingerprint density at radius 2 is 1.53 bits per heavy atom. The maximum absolute atomic E-state index is 12.8. The van der Waals surface area contributed by atoms with Crippen LogP contribution in [-0.2, 0) is 14.3 Å². The van der Waals surface area contributed by atoms with Gasteiger partial charge in [-0.25, -0.2) is 9.59 Å². The predicted octanol–water partition coefficient (Wildman–Crippen LogP) is 4.57. The van der Waals surface area contributed by atoms with E-state index in [4.69, 9.17) is 14.2 Å². The van der Waals surface area contributed by atoms with Crippen LogP contribution in [0.1, 0.15) is 40.5 Å². The number of carbonyl (C=O) groups excluding carboxylic acids is 3. The van der Waals surface area contributed by atoms with E-state index in [1.54, 1.807) is 19.1 Å². The first-order valence-electron chi connectivity index (χ1n) is 10.2. The Bertz CT molecular complexity index is 1100. The molecule has 3 aromatic carbocycles. The summed E-state index contributed by atoms with van der Waals surface area (Å²) in [5, 5.41) is 1.46. The largest absolute Gasteiger partial charge is 0.493 e. The molecule has 0 aliphatic carbocycles. The van der Waals surface area contributed by atoms with Gasteiger partial charge in [0.05, 0.1) is 31.5 Å². The first-order valence-corrected chi connectivity index (χ1v) is 10.2. The van der Waals surface area contributed by atoms with Crippen molar-refractivity contribution < 1.29 is 33.3 Å². The van der Waals surface area contributed by atoms with Gasteiger partial charge in [0.2, 0.25) is 0 Å². The lowest BCUT2D eigenvalue weighted by atomic mass is 10.0. The zero-order chi connectivity index (χ0) is 22.9. The molecule has 0 unspecified atom stereocenters. The molecule has 3 aromatic rings. The molecule has 0 aromatic heterocycles. The van der Waals surface area contributed by atoms with Gasteiger partial charge in [0.15, 0.2) is 0 Å². The topological polar surface area (TPSA) is 88.1 Å². The summed E-state index contributed by atoms with van der Waals surface area (Å²) >= 11 is 0. The highest BCUT2D eigenvalue weighted by molar-refractivity contribution is 6.07. The molecule has 0 atom stereocenters. The van der Waals surface area contributed by atoms with Gasteiger partial charge in [0.25, 0.3) is 0 Å². The van der Waals surface area contributed by atoms with Gasteiger partial charge >= 0.3 is 17.9 Å². The number of hydrogen-bond donors (Lipinski definition) is 0. The number of fused-ring (bicyclic) bond motifs is 1. The van der Waals surface area contributed by atoms with Gasteiger partial charge in [0.1, 0.15) is 11.5 Å². The lowest BCUT2D eigenvalue weighted by Crippen LogP contribution is -2.10. The van der Waals surface area contributed by atoms with Gasteiger partial charge in [-0.3, -0.25) is 4.79 Å². The van der Waals surface area contributed by atoms with Crippen molar-refractivity contribution >= 4 is 28.7 Å². The first-order chi connectivity index (χ1) is 15.5. The minimum atomic E-state index is -0.523.